The first-order valence-corrected chi connectivity index (χ1v) is 7.73. The van der Waals surface area contributed by atoms with Gasteiger partial charge in [0.2, 0.25) is 0 Å². The Hall–Kier alpha value is -1.39. The molecular weight excluding hydrogens is 262 g/mol. The van der Waals surface area contributed by atoms with Crippen LogP contribution in [0.25, 0.3) is 10.9 Å². The minimum Gasteiger partial charge on any atom is -0.390 e. The lowest BCUT2D eigenvalue weighted by Crippen LogP contribution is -2.33. The van der Waals surface area contributed by atoms with E-state index in [0.717, 1.165) is 36.1 Å². The molecule has 1 aromatic carbocycles. The quantitative estimate of drug-likeness (QED) is 0.770. The Bertz CT molecular complexity index is 587. The van der Waals surface area contributed by atoms with E-state index < -0.39 is 5.60 Å². The van der Waals surface area contributed by atoms with Crippen LogP contribution in [0.5, 0.6) is 0 Å². The van der Waals surface area contributed by atoms with Gasteiger partial charge in [-0.25, -0.2) is 0 Å². The molecule has 0 saturated heterocycles. The summed E-state index contributed by atoms with van der Waals surface area (Å²) < 4.78 is 1.89. The molecule has 0 bridgehead atoms. The Labute approximate surface area is 127 Å². The Morgan fingerprint density at radius 1 is 1.33 bits per heavy atom. The molecule has 2 N–H and O–H groups in total. The van der Waals surface area contributed by atoms with Gasteiger partial charge in [0.25, 0.3) is 0 Å². The molecular formula is C17H27N3O. The average Bonchev–Trinajstić information content (AvgIpc) is 2.71. The van der Waals surface area contributed by atoms with E-state index in [1.165, 1.54) is 0 Å². The molecule has 1 aromatic heterocycles. The predicted molar refractivity (Wildman–Crippen MR) is 87.4 cm³/mol. The highest BCUT2D eigenvalue weighted by atomic mass is 16.3. The molecule has 4 nitrogen and oxygen atoms in total. The van der Waals surface area contributed by atoms with Crippen molar-refractivity contribution in [2.45, 2.75) is 39.2 Å². The normalized spacial score (nSPS) is 14.8. The highest BCUT2D eigenvalue weighted by molar-refractivity contribution is 5.81. The van der Waals surface area contributed by atoms with Crippen molar-refractivity contribution < 1.29 is 5.11 Å². The van der Waals surface area contributed by atoms with E-state index >= 15 is 0 Å². The number of aliphatic hydroxyl groups is 1. The summed E-state index contributed by atoms with van der Waals surface area (Å²) in [6.45, 7) is 8.09. The monoisotopic (exact) mass is 289 g/mol. The van der Waals surface area contributed by atoms with Crippen molar-refractivity contribution in [3.8, 4) is 0 Å². The Kier molecular flexibility index (Phi) is 5.01. The number of aromatic nitrogens is 2. The molecule has 0 spiro atoms. The fourth-order valence-corrected chi connectivity index (χ4v) is 2.62. The van der Waals surface area contributed by atoms with E-state index in [2.05, 4.69) is 36.4 Å². The van der Waals surface area contributed by atoms with E-state index in [9.17, 15) is 5.11 Å². The van der Waals surface area contributed by atoms with Gasteiger partial charge in [-0.15, -0.1) is 0 Å². The second-order valence-corrected chi connectivity index (χ2v) is 6.61. The summed E-state index contributed by atoms with van der Waals surface area (Å²) in [6, 6.07) is 8.17. The second-order valence-electron chi connectivity index (χ2n) is 6.61. The van der Waals surface area contributed by atoms with E-state index in [-0.39, 0.29) is 0 Å². The van der Waals surface area contributed by atoms with Crippen molar-refractivity contribution in [1.29, 1.82) is 0 Å². The number of nitrogens with one attached hydrogen (secondary N) is 1. The highest BCUT2D eigenvalue weighted by Gasteiger charge is 2.23. The molecule has 0 aliphatic rings. The second kappa shape index (κ2) is 6.58. The average molecular weight is 289 g/mol. The predicted octanol–water partition coefficient (Wildman–Crippen LogP) is 2.50. The number of nitrogens with zero attached hydrogens (tertiary/aromatic N) is 2. The van der Waals surface area contributed by atoms with Crippen LogP contribution < -0.4 is 5.32 Å². The Morgan fingerprint density at radius 2 is 2.05 bits per heavy atom. The van der Waals surface area contributed by atoms with Gasteiger partial charge in [0.05, 0.1) is 16.8 Å². The first-order valence-electron chi connectivity index (χ1n) is 7.73. The van der Waals surface area contributed by atoms with Crippen molar-refractivity contribution in [3.05, 3.63) is 30.0 Å². The van der Waals surface area contributed by atoms with Crippen LogP contribution in [0, 0.1) is 5.92 Å². The van der Waals surface area contributed by atoms with Crippen LogP contribution in [-0.2, 0) is 13.5 Å². The lowest BCUT2D eigenvalue weighted by atomic mass is 9.94. The van der Waals surface area contributed by atoms with Gasteiger partial charge in [-0.1, -0.05) is 32.0 Å². The van der Waals surface area contributed by atoms with Crippen molar-refractivity contribution in [2.75, 3.05) is 13.1 Å². The topological polar surface area (TPSA) is 50.1 Å². The molecule has 0 aliphatic carbocycles. The van der Waals surface area contributed by atoms with E-state index in [4.69, 9.17) is 0 Å². The smallest absolute Gasteiger partial charge is 0.0731 e. The fourth-order valence-electron chi connectivity index (χ4n) is 2.62. The van der Waals surface area contributed by atoms with Crippen molar-refractivity contribution in [1.82, 2.24) is 15.1 Å². The molecule has 116 valence electrons. The first-order chi connectivity index (χ1) is 9.89. The van der Waals surface area contributed by atoms with Crippen LogP contribution in [0.15, 0.2) is 24.3 Å². The third-order valence-electron chi connectivity index (χ3n) is 3.78. The Morgan fingerprint density at radius 3 is 2.76 bits per heavy atom. The summed E-state index contributed by atoms with van der Waals surface area (Å²) in [6.07, 6.45) is 1.31. The van der Waals surface area contributed by atoms with Crippen LogP contribution in [0.2, 0.25) is 0 Å². The van der Waals surface area contributed by atoms with Crippen molar-refractivity contribution in [3.63, 3.8) is 0 Å². The third kappa shape index (κ3) is 4.29. The molecule has 0 radical (unpaired) electrons. The van der Waals surface area contributed by atoms with Crippen LogP contribution in [0.3, 0.4) is 0 Å². The standard InChI is InChI=1S/C17H27N3O/c1-13(2)12-18-10-9-17(3,21)11-15-14-7-5-6-8-16(14)20(4)19-15/h5-8,13,18,21H,9-12H2,1-4H3. The number of fused-ring (bicyclic) bond motifs is 1. The van der Waals surface area contributed by atoms with Gasteiger partial charge in [-0.05, 0) is 38.4 Å². The van der Waals surface area contributed by atoms with E-state index in [0.29, 0.717) is 12.3 Å². The van der Waals surface area contributed by atoms with Gasteiger partial charge in [0, 0.05) is 18.9 Å². The van der Waals surface area contributed by atoms with Gasteiger partial charge in [0.15, 0.2) is 0 Å². The summed E-state index contributed by atoms with van der Waals surface area (Å²) in [5, 5.41) is 19.7. The SMILES string of the molecule is CC(C)CNCCC(C)(O)Cc1nn(C)c2ccccc12. The van der Waals surface area contributed by atoms with E-state index in [1.807, 2.05) is 30.8 Å². The molecule has 0 amide bonds. The number of hydrogen-bond donors (Lipinski definition) is 2. The third-order valence-corrected chi connectivity index (χ3v) is 3.78. The number of benzene rings is 1. The maximum atomic E-state index is 10.6. The first kappa shape index (κ1) is 16.0. The maximum Gasteiger partial charge on any atom is 0.0731 e. The molecule has 1 atom stereocenters. The summed E-state index contributed by atoms with van der Waals surface area (Å²) in [7, 11) is 1.95. The van der Waals surface area contributed by atoms with Gasteiger partial charge >= 0.3 is 0 Å². The zero-order chi connectivity index (χ0) is 15.5. The molecule has 0 aliphatic heterocycles. The molecule has 2 aromatic rings. The number of aryl methyl sites for hydroxylation is 1. The lowest BCUT2D eigenvalue weighted by molar-refractivity contribution is 0.0506. The minimum absolute atomic E-state index is 0.581. The number of hydrogen-bond acceptors (Lipinski definition) is 3. The number of para-hydroxylation sites is 1. The van der Waals surface area contributed by atoms with Gasteiger partial charge in [-0.2, -0.15) is 5.10 Å². The molecule has 0 saturated carbocycles. The summed E-state index contributed by atoms with van der Waals surface area (Å²) in [4.78, 5) is 0. The summed E-state index contributed by atoms with van der Waals surface area (Å²) >= 11 is 0. The zero-order valence-corrected chi connectivity index (χ0v) is 13.6. The van der Waals surface area contributed by atoms with Crippen LogP contribution >= 0.6 is 0 Å². The number of rotatable bonds is 7. The largest absolute Gasteiger partial charge is 0.390 e. The maximum absolute atomic E-state index is 10.6. The minimum atomic E-state index is -0.735. The molecule has 2 rings (SSSR count). The molecule has 0 fully saturated rings. The lowest BCUT2D eigenvalue weighted by Gasteiger charge is -2.23. The molecule has 1 unspecified atom stereocenters. The van der Waals surface area contributed by atoms with Crippen molar-refractivity contribution in [2.24, 2.45) is 13.0 Å². The summed E-state index contributed by atoms with van der Waals surface area (Å²) in [5.74, 6) is 0.634. The zero-order valence-electron chi connectivity index (χ0n) is 13.6. The molecule has 1 heterocycles. The van der Waals surface area contributed by atoms with Gasteiger partial charge in [0.1, 0.15) is 0 Å². The van der Waals surface area contributed by atoms with Crippen LogP contribution in [-0.4, -0.2) is 33.6 Å². The summed E-state index contributed by atoms with van der Waals surface area (Å²) in [5.41, 5.74) is 1.35. The molecule has 21 heavy (non-hydrogen) atoms. The van der Waals surface area contributed by atoms with Crippen LogP contribution in [0.4, 0.5) is 0 Å². The highest BCUT2D eigenvalue weighted by Crippen LogP contribution is 2.23. The Balaban J connectivity index is 2.01. The molecule has 4 heteroatoms. The van der Waals surface area contributed by atoms with Crippen LogP contribution in [0.1, 0.15) is 32.9 Å². The van der Waals surface area contributed by atoms with E-state index in [1.54, 1.807) is 0 Å². The van der Waals surface area contributed by atoms with Crippen molar-refractivity contribution >= 4 is 10.9 Å². The van der Waals surface area contributed by atoms with Gasteiger partial charge < -0.3 is 10.4 Å². The fraction of sp³-hybridized carbons (Fsp3) is 0.588. The van der Waals surface area contributed by atoms with Gasteiger partial charge in [-0.3, -0.25) is 4.68 Å².